The normalized spacial score (nSPS) is 15.7. The summed E-state index contributed by atoms with van der Waals surface area (Å²) in [7, 11) is -1.92. The largest absolute Gasteiger partial charge is 0.378 e. The van der Waals surface area contributed by atoms with Gasteiger partial charge in [0.2, 0.25) is 5.95 Å². The van der Waals surface area contributed by atoms with Crippen molar-refractivity contribution in [3.8, 4) is 0 Å². The minimum Gasteiger partial charge on any atom is -0.378 e. The lowest BCUT2D eigenvalue weighted by atomic mass is 10.4. The van der Waals surface area contributed by atoms with Gasteiger partial charge in [-0.2, -0.15) is 0 Å². The van der Waals surface area contributed by atoms with Gasteiger partial charge in [-0.3, -0.25) is 0 Å². The van der Waals surface area contributed by atoms with Crippen molar-refractivity contribution in [2.45, 2.75) is 18.5 Å². The van der Waals surface area contributed by atoms with E-state index in [9.17, 15) is 8.42 Å². The summed E-state index contributed by atoms with van der Waals surface area (Å²) in [6.45, 7) is 4.55. The van der Waals surface area contributed by atoms with Crippen LogP contribution in [0.3, 0.4) is 0 Å². The lowest BCUT2D eigenvalue weighted by Crippen LogP contribution is -2.37. The number of ether oxygens (including phenoxy) is 1. The van der Waals surface area contributed by atoms with Crippen LogP contribution >= 0.6 is 0 Å². The van der Waals surface area contributed by atoms with Crippen LogP contribution in [0.25, 0.3) is 0 Å². The lowest BCUT2D eigenvalue weighted by Gasteiger charge is -2.26. The molecule has 3 rings (SSSR count). The Balaban J connectivity index is 1.70. The third-order valence-corrected chi connectivity index (χ3v) is 5.07. The van der Waals surface area contributed by atoms with Crippen LogP contribution in [-0.2, 0) is 28.4 Å². The third-order valence-electron chi connectivity index (χ3n) is 3.80. The third kappa shape index (κ3) is 3.71. The minimum atomic E-state index is -3.67. The Morgan fingerprint density at radius 3 is 2.71 bits per heavy atom. The van der Waals surface area contributed by atoms with Gasteiger partial charge in [-0.1, -0.05) is 0 Å². The molecular weight excluding hydrogens is 332 g/mol. The lowest BCUT2D eigenvalue weighted by molar-refractivity contribution is 0.122. The van der Waals surface area contributed by atoms with Gasteiger partial charge in [-0.25, -0.2) is 28.1 Å². The number of sulfonamides is 1. The van der Waals surface area contributed by atoms with Gasteiger partial charge >= 0.3 is 0 Å². The Hall–Kier alpha value is -2.04. The van der Waals surface area contributed by atoms with Crippen LogP contribution in [0, 0.1) is 6.92 Å². The van der Waals surface area contributed by atoms with E-state index in [1.165, 1.54) is 6.20 Å². The average Bonchev–Trinajstić information content (AvgIpc) is 2.94. The number of anilines is 1. The molecule has 2 aromatic heterocycles. The van der Waals surface area contributed by atoms with Crippen molar-refractivity contribution in [3.05, 3.63) is 30.0 Å². The summed E-state index contributed by atoms with van der Waals surface area (Å²) in [6.07, 6.45) is 3.11. The van der Waals surface area contributed by atoms with E-state index in [2.05, 4.69) is 19.7 Å². The van der Waals surface area contributed by atoms with Crippen molar-refractivity contribution in [3.63, 3.8) is 0 Å². The Morgan fingerprint density at radius 1 is 1.29 bits per heavy atom. The number of imidazole rings is 1. The van der Waals surface area contributed by atoms with Crippen molar-refractivity contribution in [2.75, 3.05) is 31.2 Å². The zero-order valence-electron chi connectivity index (χ0n) is 13.6. The first kappa shape index (κ1) is 16.8. The summed E-state index contributed by atoms with van der Waals surface area (Å²) in [6, 6.07) is 1.69. The van der Waals surface area contributed by atoms with E-state index in [1.807, 2.05) is 4.90 Å². The van der Waals surface area contributed by atoms with Gasteiger partial charge in [-0.15, -0.1) is 0 Å². The molecular formula is C14H20N6O3S. The number of nitrogens with zero attached hydrogens (tertiary/aromatic N) is 5. The fourth-order valence-electron chi connectivity index (χ4n) is 2.30. The first-order valence-electron chi connectivity index (χ1n) is 7.60. The highest BCUT2D eigenvalue weighted by molar-refractivity contribution is 7.89. The van der Waals surface area contributed by atoms with Crippen molar-refractivity contribution < 1.29 is 13.2 Å². The molecule has 9 nitrogen and oxygen atoms in total. The van der Waals surface area contributed by atoms with Crippen LogP contribution in [0.15, 0.2) is 23.5 Å². The molecule has 3 heterocycles. The highest BCUT2D eigenvalue weighted by Crippen LogP contribution is 2.11. The monoisotopic (exact) mass is 352 g/mol. The van der Waals surface area contributed by atoms with Gasteiger partial charge in [0, 0.05) is 32.5 Å². The molecule has 0 atom stereocenters. The predicted molar refractivity (Wildman–Crippen MR) is 87.0 cm³/mol. The molecule has 10 heteroatoms. The number of nitrogens with one attached hydrogen (secondary N) is 1. The topological polar surface area (TPSA) is 102 Å². The van der Waals surface area contributed by atoms with Gasteiger partial charge < -0.3 is 14.2 Å². The number of aromatic nitrogens is 4. The van der Waals surface area contributed by atoms with Crippen LogP contribution in [0.4, 0.5) is 5.95 Å². The molecule has 1 aliphatic heterocycles. The first-order valence-corrected chi connectivity index (χ1v) is 9.08. The van der Waals surface area contributed by atoms with Gasteiger partial charge in [0.15, 0.2) is 5.03 Å². The van der Waals surface area contributed by atoms with E-state index >= 15 is 0 Å². The molecule has 0 spiro atoms. The molecule has 0 bridgehead atoms. The Morgan fingerprint density at radius 2 is 2.04 bits per heavy atom. The van der Waals surface area contributed by atoms with E-state index in [0.29, 0.717) is 30.7 Å². The van der Waals surface area contributed by atoms with E-state index in [0.717, 1.165) is 13.1 Å². The number of aryl methyl sites for hydroxylation is 2. The van der Waals surface area contributed by atoms with Crippen LogP contribution in [-0.4, -0.2) is 54.2 Å². The average molecular weight is 352 g/mol. The first-order chi connectivity index (χ1) is 11.5. The fraction of sp³-hybridized carbons (Fsp3) is 0.500. The predicted octanol–water partition coefficient (Wildman–Crippen LogP) is -0.166. The maximum Gasteiger partial charge on any atom is 0.259 e. The fourth-order valence-corrected chi connectivity index (χ4v) is 3.33. The van der Waals surface area contributed by atoms with Crippen LogP contribution in [0.2, 0.25) is 0 Å². The molecule has 1 aliphatic rings. The second-order valence-electron chi connectivity index (χ2n) is 5.51. The number of morpholine rings is 1. The Labute approximate surface area is 140 Å². The van der Waals surface area contributed by atoms with Crippen molar-refractivity contribution in [2.24, 2.45) is 7.05 Å². The van der Waals surface area contributed by atoms with Crippen LogP contribution in [0.5, 0.6) is 0 Å². The Bertz CT molecular complexity index is 794. The van der Waals surface area contributed by atoms with Gasteiger partial charge in [-0.05, 0) is 13.0 Å². The minimum absolute atomic E-state index is 0.00459. The standard InChI is InChI=1S/C14H20N6O3S/c1-11-17-13(10-19(11)2)24(21,22)16-9-12-3-4-15-14(18-12)20-5-7-23-8-6-20/h3-4,10,16H,5-9H2,1-2H3. The second kappa shape index (κ2) is 6.83. The number of hydrogen-bond acceptors (Lipinski definition) is 7. The number of hydrogen-bond donors (Lipinski definition) is 1. The summed E-state index contributed by atoms with van der Waals surface area (Å²) < 4.78 is 34.1. The molecule has 0 aromatic carbocycles. The van der Waals surface area contributed by atoms with Gasteiger partial charge in [0.25, 0.3) is 10.0 Å². The van der Waals surface area contributed by atoms with Gasteiger partial charge in [0.05, 0.1) is 25.5 Å². The summed E-state index contributed by atoms with van der Waals surface area (Å²) in [5.74, 6) is 1.22. The molecule has 1 N–H and O–H groups in total. The van der Waals surface area contributed by atoms with Crippen molar-refractivity contribution in [1.29, 1.82) is 0 Å². The van der Waals surface area contributed by atoms with E-state index in [4.69, 9.17) is 4.74 Å². The second-order valence-corrected chi connectivity index (χ2v) is 7.22. The van der Waals surface area contributed by atoms with E-state index in [-0.39, 0.29) is 11.6 Å². The highest BCUT2D eigenvalue weighted by atomic mass is 32.2. The molecule has 0 unspecified atom stereocenters. The molecule has 0 aliphatic carbocycles. The molecule has 0 amide bonds. The zero-order chi connectivity index (χ0) is 17.2. The quantitative estimate of drug-likeness (QED) is 0.797. The molecule has 130 valence electrons. The zero-order valence-corrected chi connectivity index (χ0v) is 14.5. The molecule has 2 aromatic rings. The van der Waals surface area contributed by atoms with Crippen LogP contribution < -0.4 is 9.62 Å². The summed E-state index contributed by atoms with van der Waals surface area (Å²) in [5, 5.41) is 0.00459. The van der Waals surface area contributed by atoms with Gasteiger partial charge in [0.1, 0.15) is 5.82 Å². The molecule has 0 saturated carbocycles. The smallest absolute Gasteiger partial charge is 0.259 e. The van der Waals surface area contributed by atoms with Crippen molar-refractivity contribution in [1.82, 2.24) is 24.2 Å². The maximum absolute atomic E-state index is 12.3. The molecule has 1 saturated heterocycles. The summed E-state index contributed by atoms with van der Waals surface area (Å²) in [5.41, 5.74) is 0.600. The maximum atomic E-state index is 12.3. The number of rotatable bonds is 5. The van der Waals surface area contributed by atoms with Crippen molar-refractivity contribution >= 4 is 16.0 Å². The highest BCUT2D eigenvalue weighted by Gasteiger charge is 2.19. The summed E-state index contributed by atoms with van der Waals surface area (Å²) >= 11 is 0. The van der Waals surface area contributed by atoms with E-state index < -0.39 is 10.0 Å². The Kier molecular flexibility index (Phi) is 4.78. The molecule has 0 radical (unpaired) electrons. The van der Waals surface area contributed by atoms with E-state index in [1.54, 1.807) is 30.8 Å². The SMILES string of the molecule is Cc1nc(S(=O)(=O)NCc2ccnc(N3CCOCC3)n2)cn1C. The van der Waals surface area contributed by atoms with Crippen LogP contribution in [0.1, 0.15) is 11.5 Å². The molecule has 24 heavy (non-hydrogen) atoms. The summed E-state index contributed by atoms with van der Waals surface area (Å²) in [4.78, 5) is 14.7. The molecule has 1 fully saturated rings.